The number of nitrogens with zero attached hydrogens (tertiary/aromatic N) is 2. The molecule has 0 saturated heterocycles. The fraction of sp³-hybridized carbons (Fsp3) is 0.273. The zero-order valence-corrected chi connectivity index (χ0v) is 9.01. The summed E-state index contributed by atoms with van der Waals surface area (Å²) in [5.74, 6) is 0.534. The maximum absolute atomic E-state index is 11.6. The minimum Gasteiger partial charge on any atom is -0.459 e. The molecule has 0 fully saturated rings. The van der Waals surface area contributed by atoms with E-state index in [1.807, 2.05) is 6.20 Å². The molecule has 16 heavy (non-hydrogen) atoms. The maximum Gasteiger partial charge on any atom is 0.292 e. The summed E-state index contributed by atoms with van der Waals surface area (Å²) in [6.07, 6.45) is 4.30. The fourth-order valence-electron chi connectivity index (χ4n) is 1.37. The number of carbonyl (C=O) groups excluding carboxylic acids is 1. The van der Waals surface area contributed by atoms with Crippen molar-refractivity contribution >= 4 is 11.7 Å². The van der Waals surface area contributed by atoms with Gasteiger partial charge in [-0.15, -0.1) is 0 Å². The van der Waals surface area contributed by atoms with Gasteiger partial charge in [0.15, 0.2) is 11.6 Å². The van der Waals surface area contributed by atoms with E-state index in [-0.39, 0.29) is 11.7 Å². The van der Waals surface area contributed by atoms with E-state index in [2.05, 4.69) is 17.3 Å². The molecule has 2 aromatic heterocycles. The summed E-state index contributed by atoms with van der Waals surface area (Å²) in [5.41, 5.74) is 0. The van der Waals surface area contributed by atoms with Gasteiger partial charge in [0.25, 0.3) is 5.91 Å². The average Bonchev–Trinajstić information content (AvgIpc) is 2.89. The molecule has 2 aromatic rings. The first-order chi connectivity index (χ1) is 7.79. The molecular weight excluding hydrogens is 206 g/mol. The van der Waals surface area contributed by atoms with Crippen molar-refractivity contribution in [1.29, 1.82) is 0 Å². The Hall–Kier alpha value is -2.04. The second-order valence-corrected chi connectivity index (χ2v) is 3.40. The fourth-order valence-corrected chi connectivity index (χ4v) is 1.37. The van der Waals surface area contributed by atoms with Gasteiger partial charge in [0.2, 0.25) is 0 Å². The highest BCUT2D eigenvalue weighted by molar-refractivity contribution is 6.01. The molecule has 84 valence electrons. The third-order valence-electron chi connectivity index (χ3n) is 2.08. The van der Waals surface area contributed by atoms with Crippen LogP contribution in [0.5, 0.6) is 0 Å². The molecule has 0 atom stereocenters. The molecule has 0 aliphatic rings. The second-order valence-electron chi connectivity index (χ2n) is 3.40. The molecular formula is C11H13N3O2. The Bertz CT molecular complexity index is 459. The Labute approximate surface area is 93.1 Å². The van der Waals surface area contributed by atoms with Crippen molar-refractivity contribution in [3.05, 3.63) is 36.4 Å². The molecule has 0 bridgehead atoms. The maximum atomic E-state index is 11.6. The molecule has 0 spiro atoms. The van der Waals surface area contributed by atoms with Gasteiger partial charge in [0, 0.05) is 18.8 Å². The van der Waals surface area contributed by atoms with E-state index >= 15 is 0 Å². The van der Waals surface area contributed by atoms with Crippen molar-refractivity contribution in [2.24, 2.45) is 0 Å². The summed E-state index contributed by atoms with van der Waals surface area (Å²) in [5, 5.41) is 6.85. The molecule has 0 aliphatic heterocycles. The number of aromatic nitrogens is 2. The average molecular weight is 219 g/mol. The van der Waals surface area contributed by atoms with Crippen LogP contribution in [0.1, 0.15) is 23.9 Å². The number of hydrogen-bond acceptors (Lipinski definition) is 3. The predicted octanol–water partition coefficient (Wildman–Crippen LogP) is 2.14. The SMILES string of the molecule is CCCn1ccc(NC(=O)c2ccco2)n1. The number of carbonyl (C=O) groups is 1. The Morgan fingerprint density at radius 3 is 3.12 bits per heavy atom. The highest BCUT2D eigenvalue weighted by atomic mass is 16.3. The number of rotatable bonds is 4. The number of nitrogens with one attached hydrogen (secondary N) is 1. The Kier molecular flexibility index (Phi) is 3.05. The van der Waals surface area contributed by atoms with Crippen LogP contribution in [-0.4, -0.2) is 15.7 Å². The van der Waals surface area contributed by atoms with Gasteiger partial charge in [-0.3, -0.25) is 9.48 Å². The highest BCUT2D eigenvalue weighted by Gasteiger charge is 2.09. The monoisotopic (exact) mass is 219 g/mol. The molecule has 1 N–H and O–H groups in total. The van der Waals surface area contributed by atoms with Gasteiger partial charge in [0.05, 0.1) is 6.26 Å². The predicted molar refractivity (Wildman–Crippen MR) is 59.2 cm³/mol. The van der Waals surface area contributed by atoms with Crippen LogP contribution in [-0.2, 0) is 6.54 Å². The van der Waals surface area contributed by atoms with E-state index in [1.54, 1.807) is 22.9 Å². The van der Waals surface area contributed by atoms with Crippen LogP contribution in [0.2, 0.25) is 0 Å². The van der Waals surface area contributed by atoms with Crippen LogP contribution >= 0.6 is 0 Å². The lowest BCUT2D eigenvalue weighted by molar-refractivity contribution is 0.0996. The Morgan fingerprint density at radius 1 is 1.56 bits per heavy atom. The summed E-state index contributed by atoms with van der Waals surface area (Å²) < 4.78 is 6.76. The molecule has 0 radical (unpaired) electrons. The number of anilines is 1. The van der Waals surface area contributed by atoms with Gasteiger partial charge >= 0.3 is 0 Å². The molecule has 2 rings (SSSR count). The zero-order chi connectivity index (χ0) is 11.4. The first-order valence-corrected chi connectivity index (χ1v) is 5.18. The van der Waals surface area contributed by atoms with E-state index in [4.69, 9.17) is 4.42 Å². The molecule has 0 unspecified atom stereocenters. The summed E-state index contributed by atoms with van der Waals surface area (Å²) in [6, 6.07) is 5.04. The van der Waals surface area contributed by atoms with Crippen molar-refractivity contribution in [3.8, 4) is 0 Å². The van der Waals surface area contributed by atoms with Crippen LogP contribution in [0.3, 0.4) is 0 Å². The standard InChI is InChI=1S/C11H13N3O2/c1-2-6-14-7-5-10(13-14)12-11(15)9-4-3-8-16-9/h3-5,7-8H,2,6H2,1H3,(H,12,13,15). The molecule has 5 nitrogen and oxygen atoms in total. The van der Waals surface area contributed by atoms with Gasteiger partial charge in [-0.2, -0.15) is 5.10 Å². The van der Waals surface area contributed by atoms with Crippen molar-refractivity contribution in [2.45, 2.75) is 19.9 Å². The normalized spacial score (nSPS) is 10.3. The van der Waals surface area contributed by atoms with Crippen molar-refractivity contribution < 1.29 is 9.21 Å². The molecule has 0 aliphatic carbocycles. The van der Waals surface area contributed by atoms with Crippen LogP contribution in [0.25, 0.3) is 0 Å². The highest BCUT2D eigenvalue weighted by Crippen LogP contribution is 2.07. The Balaban J connectivity index is 2.01. The van der Waals surface area contributed by atoms with Gasteiger partial charge in [-0.1, -0.05) is 6.92 Å². The molecule has 0 saturated carbocycles. The third-order valence-corrected chi connectivity index (χ3v) is 2.08. The van der Waals surface area contributed by atoms with Crippen LogP contribution in [0.15, 0.2) is 35.1 Å². The number of furan rings is 1. The second kappa shape index (κ2) is 4.65. The van der Waals surface area contributed by atoms with Crippen LogP contribution in [0.4, 0.5) is 5.82 Å². The zero-order valence-electron chi connectivity index (χ0n) is 9.01. The number of hydrogen-bond donors (Lipinski definition) is 1. The third kappa shape index (κ3) is 2.31. The van der Waals surface area contributed by atoms with Gasteiger partial charge < -0.3 is 9.73 Å². The molecule has 1 amide bonds. The molecule has 5 heteroatoms. The van der Waals surface area contributed by atoms with E-state index < -0.39 is 0 Å². The first-order valence-electron chi connectivity index (χ1n) is 5.18. The quantitative estimate of drug-likeness (QED) is 0.856. The van der Waals surface area contributed by atoms with E-state index in [0.29, 0.717) is 5.82 Å². The summed E-state index contributed by atoms with van der Waals surface area (Å²) in [4.78, 5) is 11.6. The summed E-state index contributed by atoms with van der Waals surface area (Å²) >= 11 is 0. The van der Waals surface area contributed by atoms with Crippen molar-refractivity contribution in [2.75, 3.05) is 5.32 Å². The Morgan fingerprint density at radius 2 is 2.44 bits per heavy atom. The number of amides is 1. The lowest BCUT2D eigenvalue weighted by Crippen LogP contribution is -2.11. The summed E-state index contributed by atoms with van der Waals surface area (Å²) in [7, 11) is 0. The van der Waals surface area contributed by atoms with Gasteiger partial charge in [0.1, 0.15) is 0 Å². The van der Waals surface area contributed by atoms with E-state index in [9.17, 15) is 4.79 Å². The minimum atomic E-state index is -0.285. The lowest BCUT2D eigenvalue weighted by Gasteiger charge is -1.98. The lowest BCUT2D eigenvalue weighted by atomic mass is 10.4. The van der Waals surface area contributed by atoms with E-state index in [0.717, 1.165) is 13.0 Å². The first kappa shape index (κ1) is 10.5. The summed E-state index contributed by atoms with van der Waals surface area (Å²) in [6.45, 7) is 2.92. The molecule has 0 aromatic carbocycles. The van der Waals surface area contributed by atoms with Crippen LogP contribution < -0.4 is 5.32 Å². The number of aryl methyl sites for hydroxylation is 1. The minimum absolute atomic E-state index is 0.282. The van der Waals surface area contributed by atoms with Crippen LogP contribution in [0, 0.1) is 0 Å². The van der Waals surface area contributed by atoms with E-state index in [1.165, 1.54) is 6.26 Å². The van der Waals surface area contributed by atoms with Gasteiger partial charge in [-0.25, -0.2) is 0 Å². The topological polar surface area (TPSA) is 60.1 Å². The van der Waals surface area contributed by atoms with Crippen molar-refractivity contribution in [3.63, 3.8) is 0 Å². The van der Waals surface area contributed by atoms with Crippen molar-refractivity contribution in [1.82, 2.24) is 9.78 Å². The van der Waals surface area contributed by atoms with Gasteiger partial charge in [-0.05, 0) is 18.6 Å². The largest absolute Gasteiger partial charge is 0.459 e. The smallest absolute Gasteiger partial charge is 0.292 e. The molecule has 2 heterocycles.